The van der Waals surface area contributed by atoms with E-state index in [4.69, 9.17) is 14.6 Å². The van der Waals surface area contributed by atoms with Crippen LogP contribution in [-0.2, 0) is 11.5 Å². The van der Waals surface area contributed by atoms with Gasteiger partial charge in [0.15, 0.2) is 17.6 Å². The third-order valence-corrected chi connectivity index (χ3v) is 2.41. The quantitative estimate of drug-likeness (QED) is 0.828. The first-order valence-corrected chi connectivity index (χ1v) is 5.02. The Morgan fingerprint density at radius 3 is 2.76 bits per heavy atom. The highest BCUT2D eigenvalue weighted by atomic mass is 19.1. The molecule has 1 atom stereocenters. The first kappa shape index (κ1) is 11.7. The minimum atomic E-state index is -1.75. The van der Waals surface area contributed by atoms with E-state index in [2.05, 4.69) is 0 Å². The van der Waals surface area contributed by atoms with Crippen LogP contribution in [0.3, 0.4) is 0 Å². The minimum Gasteiger partial charge on any atom is -0.486 e. The van der Waals surface area contributed by atoms with Crippen molar-refractivity contribution in [1.82, 2.24) is 0 Å². The van der Waals surface area contributed by atoms with Crippen LogP contribution in [-0.4, -0.2) is 29.4 Å². The van der Waals surface area contributed by atoms with Crippen LogP contribution in [0.5, 0.6) is 11.5 Å². The maximum absolute atomic E-state index is 12.6. The van der Waals surface area contributed by atoms with Gasteiger partial charge in [0.1, 0.15) is 19.9 Å². The fourth-order valence-corrected chi connectivity index (χ4v) is 1.65. The molecule has 1 aliphatic rings. The van der Waals surface area contributed by atoms with Crippen molar-refractivity contribution in [2.75, 3.05) is 13.2 Å². The molecule has 17 heavy (non-hydrogen) atoms. The third-order valence-electron chi connectivity index (χ3n) is 2.41. The number of ether oxygens (including phenoxy) is 2. The molecule has 0 bridgehead atoms. The van der Waals surface area contributed by atoms with E-state index in [1.54, 1.807) is 0 Å². The lowest BCUT2D eigenvalue weighted by atomic mass is 10.0. The molecule has 1 aromatic rings. The number of carboxylic acid groups (broad SMARTS) is 1. The smallest absolute Gasteiger partial charge is 0.337 e. The molecule has 0 spiro atoms. The van der Waals surface area contributed by atoms with Gasteiger partial charge >= 0.3 is 5.97 Å². The molecule has 0 fully saturated rings. The predicted octanol–water partition coefficient (Wildman–Crippen LogP) is 1.05. The van der Waals surface area contributed by atoms with Gasteiger partial charge in [-0.3, -0.25) is 0 Å². The first-order chi connectivity index (χ1) is 8.13. The zero-order valence-electron chi connectivity index (χ0n) is 8.85. The van der Waals surface area contributed by atoms with Crippen LogP contribution in [0, 0.1) is 0 Å². The molecule has 0 saturated heterocycles. The van der Waals surface area contributed by atoms with Gasteiger partial charge in [-0.2, -0.15) is 0 Å². The van der Waals surface area contributed by atoms with Crippen molar-refractivity contribution in [2.24, 2.45) is 0 Å². The van der Waals surface area contributed by atoms with E-state index in [9.17, 15) is 14.3 Å². The predicted molar refractivity (Wildman–Crippen MR) is 54.8 cm³/mol. The van der Waals surface area contributed by atoms with E-state index in [0.29, 0.717) is 6.61 Å². The Kier molecular flexibility index (Phi) is 3.14. The molecule has 0 aliphatic carbocycles. The normalized spacial score (nSPS) is 15.4. The Morgan fingerprint density at radius 1 is 1.41 bits per heavy atom. The number of hydrogen-bond acceptors (Lipinski definition) is 4. The zero-order valence-corrected chi connectivity index (χ0v) is 8.85. The molecule has 2 N–H and O–H groups in total. The van der Waals surface area contributed by atoms with E-state index in [1.807, 2.05) is 0 Å². The van der Waals surface area contributed by atoms with Crippen LogP contribution in [0.25, 0.3) is 0 Å². The second-order valence-electron chi connectivity index (χ2n) is 3.58. The van der Waals surface area contributed by atoms with Gasteiger partial charge in [-0.25, -0.2) is 9.18 Å². The SMILES string of the molecule is O=C(O)C(O)c1cc(CF)cc2c1OCCO2. The number of fused-ring (bicyclic) bond motifs is 1. The van der Waals surface area contributed by atoms with Crippen molar-refractivity contribution in [1.29, 1.82) is 0 Å². The molecule has 92 valence electrons. The van der Waals surface area contributed by atoms with Crippen LogP contribution in [0.1, 0.15) is 17.2 Å². The number of aliphatic hydroxyl groups is 1. The standard InChI is InChI=1S/C11H11FO5/c12-5-6-3-7(9(13)11(14)15)10-8(4-6)16-1-2-17-10/h3-4,9,13H,1-2,5H2,(H,14,15). The van der Waals surface area contributed by atoms with Crippen LogP contribution in [0.2, 0.25) is 0 Å². The Balaban J connectivity index is 2.51. The highest BCUT2D eigenvalue weighted by molar-refractivity contribution is 5.76. The number of carbonyl (C=O) groups is 1. The number of aliphatic carboxylic acids is 1. The van der Waals surface area contributed by atoms with Gasteiger partial charge < -0.3 is 19.7 Å². The summed E-state index contributed by atoms with van der Waals surface area (Å²) in [5.74, 6) is -0.984. The topological polar surface area (TPSA) is 76.0 Å². The van der Waals surface area contributed by atoms with E-state index < -0.39 is 18.7 Å². The van der Waals surface area contributed by atoms with Gasteiger partial charge in [-0.05, 0) is 17.7 Å². The summed E-state index contributed by atoms with van der Waals surface area (Å²) in [6.07, 6.45) is -1.75. The molecule has 0 radical (unpaired) electrons. The number of carboxylic acids is 1. The third kappa shape index (κ3) is 2.16. The average molecular weight is 242 g/mol. The second kappa shape index (κ2) is 4.58. The van der Waals surface area contributed by atoms with Gasteiger partial charge in [-0.15, -0.1) is 0 Å². The average Bonchev–Trinajstić information content (AvgIpc) is 2.36. The summed E-state index contributed by atoms with van der Waals surface area (Å²) in [6, 6.07) is 2.71. The van der Waals surface area contributed by atoms with Crippen molar-refractivity contribution in [3.8, 4) is 11.5 Å². The summed E-state index contributed by atoms with van der Waals surface area (Å²) in [7, 11) is 0. The lowest BCUT2D eigenvalue weighted by Gasteiger charge is -2.22. The summed E-state index contributed by atoms with van der Waals surface area (Å²) >= 11 is 0. The Morgan fingerprint density at radius 2 is 2.12 bits per heavy atom. The molecule has 0 aromatic heterocycles. The largest absolute Gasteiger partial charge is 0.486 e. The molecule has 5 nitrogen and oxygen atoms in total. The Bertz CT molecular complexity index is 446. The minimum absolute atomic E-state index is 0.0161. The number of halogens is 1. The highest BCUT2D eigenvalue weighted by Crippen LogP contribution is 2.38. The monoisotopic (exact) mass is 242 g/mol. The lowest BCUT2D eigenvalue weighted by molar-refractivity contribution is -0.147. The van der Waals surface area contributed by atoms with Crippen LogP contribution < -0.4 is 9.47 Å². The summed E-state index contributed by atoms with van der Waals surface area (Å²) in [6.45, 7) is -0.192. The summed E-state index contributed by atoms with van der Waals surface area (Å²) in [5, 5.41) is 18.3. The van der Waals surface area contributed by atoms with Crippen LogP contribution >= 0.6 is 0 Å². The molecule has 2 rings (SSSR count). The van der Waals surface area contributed by atoms with E-state index in [1.165, 1.54) is 12.1 Å². The van der Waals surface area contributed by atoms with Crippen molar-refractivity contribution < 1.29 is 28.9 Å². The van der Waals surface area contributed by atoms with Gasteiger partial charge in [0.05, 0.1) is 0 Å². The number of hydrogen-bond donors (Lipinski definition) is 2. The maximum Gasteiger partial charge on any atom is 0.337 e. The number of aliphatic hydroxyl groups excluding tert-OH is 1. The summed E-state index contributed by atoms with van der Waals surface area (Å²) < 4.78 is 23.1. The van der Waals surface area contributed by atoms with Crippen molar-refractivity contribution in [2.45, 2.75) is 12.8 Å². The number of benzene rings is 1. The van der Waals surface area contributed by atoms with Gasteiger partial charge in [-0.1, -0.05) is 0 Å². The van der Waals surface area contributed by atoms with E-state index in [-0.39, 0.29) is 29.2 Å². The van der Waals surface area contributed by atoms with E-state index >= 15 is 0 Å². The highest BCUT2D eigenvalue weighted by Gasteiger charge is 2.26. The fraction of sp³-hybridized carbons (Fsp3) is 0.364. The lowest BCUT2D eigenvalue weighted by Crippen LogP contribution is -2.20. The van der Waals surface area contributed by atoms with Gasteiger partial charge in [0, 0.05) is 5.56 Å². The van der Waals surface area contributed by atoms with Crippen molar-refractivity contribution >= 4 is 5.97 Å². The first-order valence-electron chi connectivity index (χ1n) is 5.02. The molecule has 1 unspecified atom stereocenters. The Hall–Kier alpha value is -1.82. The fourth-order valence-electron chi connectivity index (χ4n) is 1.65. The summed E-state index contributed by atoms with van der Waals surface area (Å²) in [4.78, 5) is 10.7. The zero-order chi connectivity index (χ0) is 12.4. The van der Waals surface area contributed by atoms with Gasteiger partial charge in [0.25, 0.3) is 0 Å². The van der Waals surface area contributed by atoms with Crippen LogP contribution in [0.4, 0.5) is 4.39 Å². The molecule has 0 saturated carbocycles. The number of alkyl halides is 1. The number of rotatable bonds is 3. The second-order valence-corrected chi connectivity index (χ2v) is 3.58. The molecule has 1 heterocycles. The summed E-state index contributed by atoms with van der Waals surface area (Å²) in [5.41, 5.74) is 0.256. The maximum atomic E-state index is 12.6. The van der Waals surface area contributed by atoms with Crippen molar-refractivity contribution in [3.63, 3.8) is 0 Å². The molecule has 1 aromatic carbocycles. The van der Waals surface area contributed by atoms with Gasteiger partial charge in [0.2, 0.25) is 0 Å². The van der Waals surface area contributed by atoms with E-state index in [0.717, 1.165) is 0 Å². The van der Waals surface area contributed by atoms with Crippen molar-refractivity contribution in [3.05, 3.63) is 23.3 Å². The molecular formula is C11H11FO5. The molecule has 0 amide bonds. The molecule has 6 heteroatoms. The molecule has 1 aliphatic heterocycles. The van der Waals surface area contributed by atoms with Crippen LogP contribution in [0.15, 0.2) is 12.1 Å². The molecular weight excluding hydrogens is 231 g/mol. The Labute approximate surface area is 96.4 Å².